The van der Waals surface area contributed by atoms with Crippen molar-refractivity contribution < 1.29 is 0 Å². The van der Waals surface area contributed by atoms with Gasteiger partial charge in [0.15, 0.2) is 0 Å². The van der Waals surface area contributed by atoms with Crippen LogP contribution in [0.1, 0.15) is 0 Å². The van der Waals surface area contributed by atoms with E-state index in [1.807, 2.05) is 0 Å². The zero-order chi connectivity index (χ0) is 16.8. The lowest BCUT2D eigenvalue weighted by molar-refractivity contribution is 1.26. The fourth-order valence-electron chi connectivity index (χ4n) is 4.55. The zero-order valence-corrected chi connectivity index (χ0v) is 13.6. The molecule has 118 valence electrons. The molecule has 0 radical (unpaired) electrons. The second-order valence-electron chi connectivity index (χ2n) is 6.78. The van der Waals surface area contributed by atoms with Gasteiger partial charge in [0.05, 0.1) is 22.1 Å². The van der Waals surface area contributed by atoms with Crippen LogP contribution in [-0.2, 0) is 0 Å². The number of hydrogen-bond donors (Lipinski definition) is 0. The van der Waals surface area contributed by atoms with Crippen LogP contribution in [0.5, 0.6) is 0 Å². The summed E-state index contributed by atoms with van der Waals surface area (Å²) < 4.78 is 0. The van der Waals surface area contributed by atoms with Gasteiger partial charge in [-0.25, -0.2) is 19.9 Å². The van der Waals surface area contributed by atoms with Crippen molar-refractivity contribution in [3.63, 3.8) is 0 Å². The molecule has 4 nitrogen and oxygen atoms in total. The monoisotopic (exact) mass is 330 g/mol. The molecular formula is C22H10N4. The molecule has 2 heterocycles. The van der Waals surface area contributed by atoms with E-state index in [0.717, 1.165) is 32.8 Å². The van der Waals surface area contributed by atoms with Gasteiger partial charge in [-0.3, -0.25) is 0 Å². The van der Waals surface area contributed by atoms with Crippen molar-refractivity contribution in [1.29, 1.82) is 0 Å². The van der Waals surface area contributed by atoms with Crippen LogP contribution in [0.3, 0.4) is 0 Å². The largest absolute Gasteiger partial charge is 0.236 e. The Hall–Kier alpha value is -3.66. The third-order valence-electron chi connectivity index (χ3n) is 5.60. The smallest absolute Gasteiger partial charge is 0.116 e. The van der Waals surface area contributed by atoms with Crippen LogP contribution in [0.15, 0.2) is 61.2 Å². The highest BCUT2D eigenvalue weighted by Gasteiger charge is 2.17. The van der Waals surface area contributed by atoms with Crippen molar-refractivity contribution in [1.82, 2.24) is 19.9 Å². The van der Waals surface area contributed by atoms with Crippen molar-refractivity contribution in [3.8, 4) is 0 Å². The minimum Gasteiger partial charge on any atom is -0.236 e. The standard InChI is InChI=1S/C22H10N4/c1-5-15-21-16(24-9-23-15)7-3-13-14-4-8-18-22-17(25-10-26-18)6-2-12(20(14)22)11(1)19(13)21/h1-10H. The Morgan fingerprint density at radius 3 is 0.962 bits per heavy atom. The predicted octanol–water partition coefficient (Wildman–Crippen LogP) is 5.06. The maximum atomic E-state index is 4.48. The average Bonchev–Trinajstić information content (AvgIpc) is 2.70. The van der Waals surface area contributed by atoms with Gasteiger partial charge in [-0.05, 0) is 45.8 Å². The third kappa shape index (κ3) is 1.31. The first-order valence-corrected chi connectivity index (χ1v) is 8.57. The highest BCUT2D eigenvalue weighted by molar-refractivity contribution is 6.38. The van der Waals surface area contributed by atoms with Gasteiger partial charge in [-0.2, -0.15) is 0 Å². The van der Waals surface area contributed by atoms with Gasteiger partial charge in [0.1, 0.15) is 12.7 Å². The second-order valence-corrected chi connectivity index (χ2v) is 6.78. The Bertz CT molecular complexity index is 1400. The molecule has 4 heteroatoms. The lowest BCUT2D eigenvalue weighted by Crippen LogP contribution is -1.93. The molecule has 0 saturated carbocycles. The fraction of sp³-hybridized carbons (Fsp3) is 0. The fourth-order valence-corrected chi connectivity index (χ4v) is 4.55. The molecule has 0 aliphatic heterocycles. The SMILES string of the molecule is c1nc2ccc3c4ccc5ncnc6ccc(c7ccc(n1)c2c37)c4c56. The van der Waals surface area contributed by atoms with Gasteiger partial charge in [0.2, 0.25) is 0 Å². The molecule has 7 aromatic rings. The molecule has 0 spiro atoms. The molecule has 0 atom stereocenters. The van der Waals surface area contributed by atoms with Crippen LogP contribution in [-0.4, -0.2) is 19.9 Å². The molecule has 7 rings (SSSR count). The highest BCUT2D eigenvalue weighted by atomic mass is 14.8. The molecule has 0 bridgehead atoms. The molecule has 0 aliphatic rings. The summed E-state index contributed by atoms with van der Waals surface area (Å²) >= 11 is 0. The number of aromatic nitrogens is 4. The Labute approximate surface area is 146 Å². The molecule has 0 saturated heterocycles. The van der Waals surface area contributed by atoms with Crippen LogP contribution in [0.4, 0.5) is 0 Å². The normalized spacial score (nSPS) is 12.6. The highest BCUT2D eigenvalue weighted by Crippen LogP contribution is 2.43. The van der Waals surface area contributed by atoms with E-state index in [4.69, 9.17) is 0 Å². The molecule has 0 fully saturated rings. The van der Waals surface area contributed by atoms with Crippen molar-refractivity contribution in [2.75, 3.05) is 0 Å². The molecule has 0 unspecified atom stereocenters. The summed E-state index contributed by atoms with van der Waals surface area (Å²) in [5, 5.41) is 9.71. The van der Waals surface area contributed by atoms with Gasteiger partial charge < -0.3 is 0 Å². The van der Waals surface area contributed by atoms with Crippen LogP contribution >= 0.6 is 0 Å². The first-order valence-electron chi connectivity index (χ1n) is 8.57. The maximum absolute atomic E-state index is 4.48. The van der Waals surface area contributed by atoms with E-state index >= 15 is 0 Å². The van der Waals surface area contributed by atoms with Gasteiger partial charge >= 0.3 is 0 Å². The summed E-state index contributed by atoms with van der Waals surface area (Å²) in [6, 6.07) is 17.1. The Morgan fingerprint density at radius 2 is 0.654 bits per heavy atom. The topological polar surface area (TPSA) is 51.6 Å². The Balaban J connectivity index is 1.94. The number of fused-ring (bicyclic) bond motifs is 2. The number of rotatable bonds is 0. The van der Waals surface area contributed by atoms with Gasteiger partial charge in [-0.15, -0.1) is 0 Å². The van der Waals surface area contributed by atoms with Gasteiger partial charge in [-0.1, -0.05) is 24.3 Å². The minimum absolute atomic E-state index is 0.990. The van der Waals surface area contributed by atoms with E-state index in [0.29, 0.717) is 0 Å². The predicted molar refractivity (Wildman–Crippen MR) is 105 cm³/mol. The van der Waals surface area contributed by atoms with E-state index in [9.17, 15) is 0 Å². The lowest BCUT2D eigenvalue weighted by Gasteiger charge is -2.16. The third-order valence-corrected chi connectivity index (χ3v) is 5.60. The Morgan fingerprint density at radius 1 is 0.346 bits per heavy atom. The molecule has 5 aromatic carbocycles. The van der Waals surface area contributed by atoms with Crippen molar-refractivity contribution in [3.05, 3.63) is 61.2 Å². The first-order chi connectivity index (χ1) is 12.9. The van der Waals surface area contributed by atoms with E-state index in [2.05, 4.69) is 68.5 Å². The van der Waals surface area contributed by atoms with Crippen molar-refractivity contribution in [2.45, 2.75) is 0 Å². The van der Waals surface area contributed by atoms with Crippen LogP contribution in [0, 0.1) is 0 Å². The zero-order valence-electron chi connectivity index (χ0n) is 13.6. The first kappa shape index (κ1) is 12.7. The van der Waals surface area contributed by atoms with Crippen LogP contribution in [0.2, 0.25) is 0 Å². The quantitative estimate of drug-likeness (QED) is 0.288. The molecule has 2 aromatic heterocycles. The van der Waals surface area contributed by atoms with Crippen molar-refractivity contribution in [2.24, 2.45) is 0 Å². The molecular weight excluding hydrogens is 320 g/mol. The Kier molecular flexibility index (Phi) is 2.00. The summed E-state index contributed by atoms with van der Waals surface area (Å²) in [4.78, 5) is 17.9. The minimum atomic E-state index is 0.990. The molecule has 0 aliphatic carbocycles. The van der Waals surface area contributed by atoms with E-state index in [1.54, 1.807) is 12.7 Å². The molecule has 26 heavy (non-hydrogen) atoms. The molecule has 0 N–H and O–H groups in total. The van der Waals surface area contributed by atoms with Crippen molar-refractivity contribution >= 4 is 65.2 Å². The summed E-state index contributed by atoms with van der Waals surface area (Å²) in [7, 11) is 0. The van der Waals surface area contributed by atoms with Crippen LogP contribution < -0.4 is 0 Å². The number of benzene rings is 5. The van der Waals surface area contributed by atoms with Gasteiger partial charge in [0, 0.05) is 21.5 Å². The van der Waals surface area contributed by atoms with E-state index in [1.165, 1.54) is 32.3 Å². The van der Waals surface area contributed by atoms with Gasteiger partial charge in [0.25, 0.3) is 0 Å². The summed E-state index contributed by atoms with van der Waals surface area (Å²) in [5.74, 6) is 0. The lowest BCUT2D eigenvalue weighted by atomic mass is 9.88. The number of nitrogens with zero attached hydrogens (tertiary/aromatic N) is 4. The van der Waals surface area contributed by atoms with E-state index in [-0.39, 0.29) is 0 Å². The van der Waals surface area contributed by atoms with Crippen LogP contribution in [0.25, 0.3) is 65.2 Å². The summed E-state index contributed by atoms with van der Waals surface area (Å²) in [5.41, 5.74) is 3.96. The molecule has 0 amide bonds. The summed E-state index contributed by atoms with van der Waals surface area (Å²) in [6.45, 7) is 0. The maximum Gasteiger partial charge on any atom is 0.116 e. The second kappa shape index (κ2) is 4.11. The van der Waals surface area contributed by atoms with E-state index < -0.39 is 0 Å². The number of hydrogen-bond acceptors (Lipinski definition) is 4. The average molecular weight is 330 g/mol. The summed E-state index contributed by atoms with van der Waals surface area (Å²) in [6.07, 6.45) is 3.28.